The first-order valence-corrected chi connectivity index (χ1v) is 5.92. The topological polar surface area (TPSA) is 27.7 Å². The molecule has 1 heterocycles. The van der Waals surface area contributed by atoms with E-state index in [4.69, 9.17) is 14.2 Å². The summed E-state index contributed by atoms with van der Waals surface area (Å²) in [4.78, 5) is 0. The Balaban J connectivity index is 1.96. The molecule has 2 aliphatic carbocycles. The van der Waals surface area contributed by atoms with Crippen LogP contribution in [0.3, 0.4) is 0 Å². The molecule has 0 aromatic heterocycles. The van der Waals surface area contributed by atoms with Crippen LogP contribution < -0.4 is 0 Å². The van der Waals surface area contributed by atoms with Gasteiger partial charge in [-0.2, -0.15) is 0 Å². The van der Waals surface area contributed by atoms with Gasteiger partial charge in [-0.1, -0.05) is 0 Å². The van der Waals surface area contributed by atoms with E-state index in [0.717, 1.165) is 19.3 Å². The van der Waals surface area contributed by atoms with Crippen LogP contribution in [0.5, 0.6) is 0 Å². The second-order valence-electron chi connectivity index (χ2n) is 5.40. The van der Waals surface area contributed by atoms with Crippen molar-refractivity contribution in [3.8, 4) is 0 Å². The molecule has 4 heteroatoms. The molecule has 15 heavy (non-hydrogen) atoms. The maximum Gasteiger partial charge on any atom is 0.139 e. The van der Waals surface area contributed by atoms with Gasteiger partial charge < -0.3 is 14.2 Å². The average Bonchev–Trinajstić information content (AvgIpc) is 2.60. The van der Waals surface area contributed by atoms with Gasteiger partial charge in [0.15, 0.2) is 0 Å². The molecule has 0 bridgehead atoms. The predicted molar refractivity (Wildman–Crippen MR) is 58.6 cm³/mol. The highest BCUT2D eigenvalue weighted by molar-refractivity contribution is 6.11. The van der Waals surface area contributed by atoms with Crippen molar-refractivity contribution in [3.05, 3.63) is 0 Å². The molecule has 0 radical (unpaired) electrons. The second-order valence-corrected chi connectivity index (χ2v) is 5.40. The second kappa shape index (κ2) is 2.99. The van der Waals surface area contributed by atoms with Gasteiger partial charge in [0.05, 0.1) is 11.2 Å². The van der Waals surface area contributed by atoms with Crippen LogP contribution in [0.25, 0.3) is 0 Å². The van der Waals surface area contributed by atoms with Gasteiger partial charge in [-0.05, 0) is 31.6 Å². The average molecular weight is 210 g/mol. The lowest BCUT2D eigenvalue weighted by Gasteiger charge is -2.46. The fourth-order valence-electron chi connectivity index (χ4n) is 4.07. The zero-order valence-electron chi connectivity index (χ0n) is 9.79. The van der Waals surface area contributed by atoms with Crippen molar-refractivity contribution in [3.63, 3.8) is 0 Å². The van der Waals surface area contributed by atoms with E-state index in [9.17, 15) is 0 Å². The lowest BCUT2D eigenvalue weighted by atomic mass is 9.70. The standard InChI is InChI=1S/C11H19BO3/c1-13-10-5-7-3-4-11(7,14-2)9(10)15-8(12)6-10/h7-9H,3-6,12H2,1-2H3/t7-,8+,9-,10-,11+/m0/s1. The van der Waals surface area contributed by atoms with E-state index in [-0.39, 0.29) is 17.3 Å². The fourth-order valence-corrected chi connectivity index (χ4v) is 4.07. The molecular weight excluding hydrogens is 191 g/mol. The van der Waals surface area contributed by atoms with Crippen molar-refractivity contribution in [2.45, 2.75) is 49.0 Å². The Morgan fingerprint density at radius 3 is 2.60 bits per heavy atom. The minimum atomic E-state index is -0.0589. The summed E-state index contributed by atoms with van der Waals surface area (Å²) in [6.45, 7) is 0. The highest BCUT2D eigenvalue weighted by Crippen LogP contribution is 2.62. The first-order chi connectivity index (χ1) is 7.17. The van der Waals surface area contributed by atoms with Crippen LogP contribution in [-0.4, -0.2) is 45.4 Å². The van der Waals surface area contributed by atoms with Gasteiger partial charge in [-0.15, -0.1) is 0 Å². The van der Waals surface area contributed by atoms with Crippen LogP contribution in [0.1, 0.15) is 25.7 Å². The molecule has 3 fully saturated rings. The molecule has 3 rings (SSSR count). The Labute approximate surface area is 91.9 Å². The minimum Gasteiger partial charge on any atom is -0.378 e. The molecule has 1 saturated heterocycles. The summed E-state index contributed by atoms with van der Waals surface area (Å²) in [7, 11) is 5.78. The van der Waals surface area contributed by atoms with E-state index in [1.54, 1.807) is 0 Å². The molecule has 3 nitrogen and oxygen atoms in total. The molecule has 0 unspecified atom stereocenters. The summed E-state index contributed by atoms with van der Waals surface area (Å²) >= 11 is 0. The zero-order chi connectivity index (χ0) is 10.7. The Hall–Kier alpha value is -0.0551. The maximum absolute atomic E-state index is 6.06. The number of methoxy groups -OCH3 is 2. The lowest BCUT2D eigenvalue weighted by molar-refractivity contribution is -0.185. The lowest BCUT2D eigenvalue weighted by Crippen LogP contribution is -2.55. The largest absolute Gasteiger partial charge is 0.378 e. The highest BCUT2D eigenvalue weighted by Gasteiger charge is 2.70. The van der Waals surface area contributed by atoms with Crippen LogP contribution in [0.15, 0.2) is 0 Å². The van der Waals surface area contributed by atoms with Crippen LogP contribution in [0.2, 0.25) is 0 Å². The van der Waals surface area contributed by atoms with Crippen molar-refractivity contribution < 1.29 is 14.2 Å². The van der Waals surface area contributed by atoms with E-state index in [1.165, 1.54) is 6.42 Å². The fraction of sp³-hybridized carbons (Fsp3) is 1.00. The monoisotopic (exact) mass is 210 g/mol. The Bertz CT molecular complexity index is 281. The van der Waals surface area contributed by atoms with Crippen molar-refractivity contribution in [2.75, 3.05) is 14.2 Å². The molecule has 1 aliphatic heterocycles. The third-order valence-electron chi connectivity index (χ3n) is 4.88. The summed E-state index contributed by atoms with van der Waals surface area (Å²) in [5.41, 5.74) is -0.0859. The quantitative estimate of drug-likeness (QED) is 0.614. The van der Waals surface area contributed by atoms with Gasteiger partial charge >= 0.3 is 0 Å². The van der Waals surface area contributed by atoms with Gasteiger partial charge in [0.25, 0.3) is 0 Å². The third-order valence-corrected chi connectivity index (χ3v) is 4.88. The molecule has 84 valence electrons. The molecule has 5 atom stereocenters. The summed E-state index contributed by atoms with van der Waals surface area (Å²) in [6.07, 6.45) is 4.71. The van der Waals surface area contributed by atoms with Crippen molar-refractivity contribution in [2.24, 2.45) is 5.92 Å². The molecular formula is C11H19BO3. The van der Waals surface area contributed by atoms with E-state index >= 15 is 0 Å². The molecule has 0 N–H and O–H groups in total. The number of hydrogen-bond donors (Lipinski definition) is 0. The van der Waals surface area contributed by atoms with Gasteiger partial charge in [-0.25, -0.2) is 0 Å². The normalized spacial score (nSPS) is 57.3. The SMILES string of the molecule is B[C@H]1C[C@@]2(OC)C[C@@H]3CC[C@]3(OC)[C@H]2O1. The van der Waals surface area contributed by atoms with Gasteiger partial charge in [0, 0.05) is 20.2 Å². The number of ether oxygens (including phenoxy) is 3. The summed E-state index contributed by atoms with van der Waals surface area (Å²) in [5.74, 6) is 0.653. The van der Waals surface area contributed by atoms with Gasteiger partial charge in [-0.3, -0.25) is 0 Å². The van der Waals surface area contributed by atoms with Crippen LogP contribution in [-0.2, 0) is 14.2 Å². The summed E-state index contributed by atoms with van der Waals surface area (Å²) < 4.78 is 17.6. The molecule has 0 aromatic rings. The first-order valence-electron chi connectivity index (χ1n) is 5.92. The third kappa shape index (κ3) is 1.03. The van der Waals surface area contributed by atoms with Gasteiger partial charge in [0.1, 0.15) is 14.0 Å². The summed E-state index contributed by atoms with van der Waals surface area (Å²) in [5, 5.41) is 0. The Kier molecular flexibility index (Phi) is 2.02. The van der Waals surface area contributed by atoms with E-state index in [1.807, 2.05) is 14.2 Å². The zero-order valence-corrected chi connectivity index (χ0v) is 9.79. The molecule has 2 saturated carbocycles. The molecule has 0 amide bonds. The molecule has 3 aliphatic rings. The molecule has 0 aromatic carbocycles. The van der Waals surface area contributed by atoms with Crippen molar-refractivity contribution >= 4 is 7.85 Å². The maximum atomic E-state index is 6.06. The minimum absolute atomic E-state index is 0.0270. The molecule has 0 spiro atoms. The predicted octanol–water partition coefficient (Wildman–Crippen LogP) is 0.319. The summed E-state index contributed by atoms with van der Waals surface area (Å²) in [6, 6.07) is 0.309. The Morgan fingerprint density at radius 2 is 2.07 bits per heavy atom. The van der Waals surface area contributed by atoms with Crippen molar-refractivity contribution in [1.82, 2.24) is 0 Å². The number of rotatable bonds is 2. The van der Waals surface area contributed by atoms with Gasteiger partial charge in [0.2, 0.25) is 0 Å². The number of fused-ring (bicyclic) bond motifs is 3. The van der Waals surface area contributed by atoms with Crippen LogP contribution in [0, 0.1) is 5.92 Å². The van der Waals surface area contributed by atoms with Crippen LogP contribution >= 0.6 is 0 Å². The van der Waals surface area contributed by atoms with E-state index in [2.05, 4.69) is 7.85 Å². The Morgan fingerprint density at radius 1 is 1.27 bits per heavy atom. The van der Waals surface area contributed by atoms with Crippen LogP contribution in [0.4, 0.5) is 0 Å². The van der Waals surface area contributed by atoms with E-state index < -0.39 is 0 Å². The number of hydrogen-bond acceptors (Lipinski definition) is 3. The van der Waals surface area contributed by atoms with Crippen molar-refractivity contribution in [1.29, 1.82) is 0 Å². The first kappa shape index (κ1) is 10.1. The smallest absolute Gasteiger partial charge is 0.139 e. The van der Waals surface area contributed by atoms with E-state index in [0.29, 0.717) is 11.9 Å². The highest BCUT2D eigenvalue weighted by atomic mass is 16.6.